The van der Waals surface area contributed by atoms with E-state index in [1.807, 2.05) is 0 Å². The van der Waals surface area contributed by atoms with Gasteiger partial charge in [0.1, 0.15) is 23.1 Å². The van der Waals surface area contributed by atoms with Gasteiger partial charge in [-0.3, -0.25) is 4.68 Å². The van der Waals surface area contributed by atoms with Crippen molar-refractivity contribution in [3.05, 3.63) is 99.2 Å². The Kier molecular flexibility index (Phi) is 5.48. The van der Waals surface area contributed by atoms with Crippen LogP contribution in [0.4, 0.5) is 13.2 Å². The maximum Gasteiger partial charge on any atom is 0.124 e. The molecule has 0 N–H and O–H groups in total. The molecule has 3 aromatic carbocycles. The van der Waals surface area contributed by atoms with Crippen molar-refractivity contribution in [2.75, 3.05) is 0 Å². The Morgan fingerprint density at radius 1 is 0.793 bits per heavy atom. The van der Waals surface area contributed by atoms with E-state index in [-0.39, 0.29) is 23.2 Å². The molecule has 0 atom stereocenters. The quantitative estimate of drug-likeness (QED) is 0.306. The third kappa shape index (κ3) is 4.09. The largest absolute Gasteiger partial charge is 0.259 e. The van der Waals surface area contributed by atoms with E-state index >= 15 is 0 Å². The lowest BCUT2D eigenvalue weighted by Crippen LogP contribution is -2.05. The summed E-state index contributed by atoms with van der Waals surface area (Å²) in [5.41, 5.74) is 3.42. The highest BCUT2D eigenvalue weighted by molar-refractivity contribution is 9.10. The third-order valence-corrected chi connectivity index (χ3v) is 5.57. The molecule has 0 bridgehead atoms. The summed E-state index contributed by atoms with van der Waals surface area (Å²) in [7, 11) is 0. The molecule has 7 heteroatoms. The fourth-order valence-electron chi connectivity index (χ4n) is 3.04. The van der Waals surface area contributed by atoms with E-state index in [1.54, 1.807) is 35.0 Å². The monoisotopic (exact) mass is 476 g/mol. The Morgan fingerprint density at radius 3 is 1.93 bits per heavy atom. The summed E-state index contributed by atoms with van der Waals surface area (Å²) in [5.74, 6) is -1.12. The first-order chi connectivity index (χ1) is 13.9. The molecule has 1 heterocycles. The molecule has 29 heavy (non-hydrogen) atoms. The number of rotatable bonds is 4. The van der Waals surface area contributed by atoms with Crippen LogP contribution in [-0.4, -0.2) is 9.78 Å². The molecule has 0 aliphatic rings. The molecule has 0 radical (unpaired) electrons. The van der Waals surface area contributed by atoms with Gasteiger partial charge in [-0.15, -0.1) is 0 Å². The van der Waals surface area contributed by atoms with E-state index in [2.05, 4.69) is 21.0 Å². The van der Waals surface area contributed by atoms with E-state index in [9.17, 15) is 13.2 Å². The van der Waals surface area contributed by atoms with Crippen molar-refractivity contribution in [3.8, 4) is 22.5 Å². The molecule has 0 fully saturated rings. The van der Waals surface area contributed by atoms with Crippen LogP contribution in [0.5, 0.6) is 0 Å². The Labute approximate surface area is 178 Å². The van der Waals surface area contributed by atoms with Crippen LogP contribution in [0.2, 0.25) is 5.02 Å². The molecule has 146 valence electrons. The van der Waals surface area contributed by atoms with Gasteiger partial charge < -0.3 is 0 Å². The lowest BCUT2D eigenvalue weighted by Gasteiger charge is -2.10. The van der Waals surface area contributed by atoms with Gasteiger partial charge >= 0.3 is 0 Å². The summed E-state index contributed by atoms with van der Waals surface area (Å²) in [6.45, 7) is 0.269. The van der Waals surface area contributed by atoms with E-state index in [0.717, 1.165) is 5.56 Å². The molecule has 4 rings (SSSR count). The topological polar surface area (TPSA) is 17.8 Å². The minimum atomic E-state index is -0.425. The second-order valence-electron chi connectivity index (χ2n) is 6.42. The summed E-state index contributed by atoms with van der Waals surface area (Å²) in [6.07, 6.45) is 0. The lowest BCUT2D eigenvalue weighted by molar-refractivity contribution is 0.624. The van der Waals surface area contributed by atoms with Gasteiger partial charge in [0.25, 0.3) is 0 Å². The molecule has 0 amide bonds. The minimum Gasteiger partial charge on any atom is -0.259 e. The number of halogens is 5. The number of benzene rings is 3. The SMILES string of the molecule is Fc1ccc(-c2nn(Cc3ccc(F)cc3Cl)c(-c3ccc(F)cc3)c2Br)cc1. The van der Waals surface area contributed by atoms with Crippen LogP contribution in [-0.2, 0) is 6.54 Å². The molecule has 0 saturated heterocycles. The molecule has 0 aliphatic carbocycles. The van der Waals surface area contributed by atoms with Crippen molar-refractivity contribution in [2.45, 2.75) is 6.54 Å². The van der Waals surface area contributed by atoms with Gasteiger partial charge in [-0.2, -0.15) is 5.10 Å². The minimum absolute atomic E-state index is 0.269. The number of nitrogens with zero attached hydrogens (tertiary/aromatic N) is 2. The number of aromatic nitrogens is 2. The fourth-order valence-corrected chi connectivity index (χ4v) is 4.01. The molecule has 1 aromatic heterocycles. The smallest absolute Gasteiger partial charge is 0.124 e. The van der Waals surface area contributed by atoms with E-state index in [0.29, 0.717) is 27.0 Å². The number of hydrogen-bond donors (Lipinski definition) is 0. The normalized spacial score (nSPS) is 11.1. The lowest BCUT2D eigenvalue weighted by atomic mass is 10.1. The van der Waals surface area contributed by atoms with Gasteiger partial charge in [0, 0.05) is 16.1 Å². The van der Waals surface area contributed by atoms with Crippen LogP contribution in [0.3, 0.4) is 0 Å². The highest BCUT2D eigenvalue weighted by Crippen LogP contribution is 2.37. The van der Waals surface area contributed by atoms with Crippen molar-refractivity contribution in [1.29, 1.82) is 0 Å². The van der Waals surface area contributed by atoms with Crippen LogP contribution in [0.25, 0.3) is 22.5 Å². The first-order valence-corrected chi connectivity index (χ1v) is 9.81. The van der Waals surface area contributed by atoms with Crippen LogP contribution < -0.4 is 0 Å². The van der Waals surface area contributed by atoms with Crippen molar-refractivity contribution < 1.29 is 13.2 Å². The van der Waals surface area contributed by atoms with Gasteiger partial charge in [0.2, 0.25) is 0 Å². The fraction of sp³-hybridized carbons (Fsp3) is 0.0455. The maximum absolute atomic E-state index is 13.4. The summed E-state index contributed by atoms with van der Waals surface area (Å²) in [5, 5.41) is 4.95. The average molecular weight is 478 g/mol. The van der Waals surface area contributed by atoms with Gasteiger partial charge in [-0.05, 0) is 82.2 Å². The van der Waals surface area contributed by atoms with Crippen LogP contribution >= 0.6 is 27.5 Å². The molecule has 2 nitrogen and oxygen atoms in total. The molecular weight excluding hydrogens is 465 g/mol. The van der Waals surface area contributed by atoms with E-state index < -0.39 is 5.82 Å². The van der Waals surface area contributed by atoms with Gasteiger partial charge in [-0.1, -0.05) is 17.7 Å². The zero-order valence-corrected chi connectivity index (χ0v) is 17.2. The Bertz CT molecular complexity index is 1170. The summed E-state index contributed by atoms with van der Waals surface area (Å²) in [4.78, 5) is 0. The highest BCUT2D eigenvalue weighted by Gasteiger charge is 2.20. The Hall–Kier alpha value is -2.57. The highest BCUT2D eigenvalue weighted by atomic mass is 79.9. The van der Waals surface area contributed by atoms with Crippen LogP contribution in [0, 0.1) is 17.5 Å². The van der Waals surface area contributed by atoms with Gasteiger partial charge in [0.05, 0.1) is 16.7 Å². The molecule has 0 aliphatic heterocycles. The molecular formula is C22H13BrClF3N2. The predicted molar refractivity (Wildman–Crippen MR) is 111 cm³/mol. The average Bonchev–Trinajstić information content (AvgIpc) is 3.01. The molecule has 0 spiro atoms. The summed E-state index contributed by atoms with van der Waals surface area (Å²) in [6, 6.07) is 16.2. The molecule has 0 unspecified atom stereocenters. The van der Waals surface area contributed by atoms with Gasteiger partial charge in [-0.25, -0.2) is 13.2 Å². The standard InChI is InChI=1S/C22H13BrClF3N2/c23-20-21(13-1-6-16(25)7-2-13)28-29(12-15-5-10-18(27)11-19(15)24)22(20)14-3-8-17(26)9-4-14/h1-11H,12H2. The first kappa shape index (κ1) is 19.7. The third-order valence-electron chi connectivity index (χ3n) is 4.47. The summed E-state index contributed by atoms with van der Waals surface area (Å²) >= 11 is 9.79. The first-order valence-electron chi connectivity index (χ1n) is 8.64. The number of hydrogen-bond acceptors (Lipinski definition) is 1. The second-order valence-corrected chi connectivity index (χ2v) is 7.62. The van der Waals surface area contributed by atoms with Crippen molar-refractivity contribution >= 4 is 27.5 Å². The molecule has 0 saturated carbocycles. The maximum atomic E-state index is 13.4. The van der Waals surface area contributed by atoms with Gasteiger partial charge in [0.15, 0.2) is 0 Å². The second kappa shape index (κ2) is 8.05. The molecule has 4 aromatic rings. The van der Waals surface area contributed by atoms with Crippen LogP contribution in [0.1, 0.15) is 5.56 Å². The zero-order valence-electron chi connectivity index (χ0n) is 14.8. The predicted octanol–water partition coefficient (Wildman–Crippen LogP) is 7.10. The van der Waals surface area contributed by atoms with Crippen LogP contribution in [0.15, 0.2) is 71.2 Å². The van der Waals surface area contributed by atoms with E-state index in [1.165, 1.54) is 36.4 Å². The van der Waals surface area contributed by atoms with E-state index in [4.69, 9.17) is 11.6 Å². The Morgan fingerprint density at radius 2 is 1.34 bits per heavy atom. The zero-order chi connectivity index (χ0) is 20.5. The van der Waals surface area contributed by atoms with Crippen molar-refractivity contribution in [3.63, 3.8) is 0 Å². The summed E-state index contributed by atoms with van der Waals surface area (Å²) < 4.78 is 42.6. The van der Waals surface area contributed by atoms with Crippen molar-refractivity contribution in [1.82, 2.24) is 9.78 Å². The Balaban J connectivity index is 1.86. The van der Waals surface area contributed by atoms with Crippen molar-refractivity contribution in [2.24, 2.45) is 0 Å².